The summed E-state index contributed by atoms with van der Waals surface area (Å²) >= 11 is 0. The minimum atomic E-state index is -0.519. The summed E-state index contributed by atoms with van der Waals surface area (Å²) in [4.78, 5) is 23.2. The monoisotopic (exact) mass is 366 g/mol. The zero-order valence-corrected chi connectivity index (χ0v) is 15.1. The molecule has 138 valence electrons. The Hall–Kier alpha value is -3.61. The van der Waals surface area contributed by atoms with Crippen LogP contribution in [0.4, 0.5) is 11.4 Å². The van der Waals surface area contributed by atoms with Crippen LogP contribution >= 0.6 is 0 Å². The molecule has 1 aromatic heterocycles. The van der Waals surface area contributed by atoms with Gasteiger partial charge < -0.3 is 14.5 Å². The third-order valence-electron chi connectivity index (χ3n) is 4.26. The summed E-state index contributed by atoms with van der Waals surface area (Å²) in [5.74, 6) is 0.230. The maximum absolute atomic E-state index is 12.4. The van der Waals surface area contributed by atoms with E-state index < -0.39 is 10.8 Å². The molecule has 0 fully saturated rings. The van der Waals surface area contributed by atoms with Crippen LogP contribution in [0.1, 0.15) is 21.7 Å². The molecule has 0 aliphatic carbocycles. The lowest BCUT2D eigenvalue weighted by molar-refractivity contribution is -0.384. The highest BCUT2D eigenvalue weighted by atomic mass is 16.6. The Labute approximate surface area is 155 Å². The van der Waals surface area contributed by atoms with E-state index >= 15 is 0 Å². The van der Waals surface area contributed by atoms with Crippen molar-refractivity contribution in [2.24, 2.45) is 0 Å². The topological polar surface area (TPSA) is 94.6 Å². The first-order valence-corrected chi connectivity index (χ1v) is 8.20. The number of nitro groups is 1. The molecule has 1 amide bonds. The molecule has 0 aliphatic rings. The van der Waals surface area contributed by atoms with Crippen molar-refractivity contribution in [1.29, 1.82) is 0 Å². The summed E-state index contributed by atoms with van der Waals surface area (Å²) in [7, 11) is 1.43. The molecule has 3 aromatic rings. The Kier molecular flexibility index (Phi) is 4.94. The first kappa shape index (κ1) is 18.2. The number of nitro benzene ring substituents is 1. The molecule has 0 unspecified atom stereocenters. The van der Waals surface area contributed by atoms with Crippen molar-refractivity contribution in [2.45, 2.75) is 13.8 Å². The molecule has 7 nitrogen and oxygen atoms in total. The molecule has 0 saturated heterocycles. The first-order chi connectivity index (χ1) is 12.9. The third-order valence-corrected chi connectivity index (χ3v) is 4.26. The van der Waals surface area contributed by atoms with Crippen LogP contribution in [0, 0.1) is 24.0 Å². The Balaban J connectivity index is 1.87. The lowest BCUT2D eigenvalue weighted by atomic mass is 10.1. The number of amides is 1. The largest absolute Gasteiger partial charge is 0.497 e. The smallest absolute Gasteiger partial charge is 0.291 e. The van der Waals surface area contributed by atoms with Crippen molar-refractivity contribution in [3.05, 3.63) is 75.5 Å². The van der Waals surface area contributed by atoms with Crippen LogP contribution in [0.2, 0.25) is 0 Å². The van der Waals surface area contributed by atoms with Gasteiger partial charge in [0, 0.05) is 5.69 Å². The van der Waals surface area contributed by atoms with E-state index in [4.69, 9.17) is 9.15 Å². The standard InChI is InChI=1S/C20H18N2O5/c1-12-4-5-14(10-13(12)2)21-20(23)19-9-8-18(27-19)16-7-6-15(26-3)11-17(16)22(24)25/h4-11H,1-3H3,(H,21,23). The quantitative estimate of drug-likeness (QED) is 0.520. The normalized spacial score (nSPS) is 10.5. The van der Waals surface area contributed by atoms with Gasteiger partial charge >= 0.3 is 0 Å². The van der Waals surface area contributed by atoms with E-state index in [1.54, 1.807) is 12.1 Å². The maximum Gasteiger partial charge on any atom is 0.291 e. The predicted molar refractivity (Wildman–Crippen MR) is 101 cm³/mol. The summed E-state index contributed by atoms with van der Waals surface area (Å²) in [6.07, 6.45) is 0. The molecule has 27 heavy (non-hydrogen) atoms. The average molecular weight is 366 g/mol. The van der Waals surface area contributed by atoms with Crippen molar-refractivity contribution >= 4 is 17.3 Å². The number of furan rings is 1. The molecule has 0 aliphatic heterocycles. The van der Waals surface area contributed by atoms with Gasteiger partial charge in [-0.25, -0.2) is 0 Å². The van der Waals surface area contributed by atoms with Gasteiger partial charge in [-0.05, 0) is 61.4 Å². The van der Waals surface area contributed by atoms with Crippen LogP contribution in [0.5, 0.6) is 5.75 Å². The second kappa shape index (κ2) is 7.33. The molecule has 1 N–H and O–H groups in total. The van der Waals surface area contributed by atoms with Crippen LogP contribution < -0.4 is 10.1 Å². The predicted octanol–water partition coefficient (Wildman–Crippen LogP) is 4.73. The van der Waals surface area contributed by atoms with Gasteiger partial charge in [0.1, 0.15) is 11.5 Å². The van der Waals surface area contributed by atoms with Crippen LogP contribution in [0.3, 0.4) is 0 Å². The van der Waals surface area contributed by atoms with Crippen molar-refractivity contribution in [3.8, 4) is 17.1 Å². The van der Waals surface area contributed by atoms with Gasteiger partial charge in [-0.2, -0.15) is 0 Å². The van der Waals surface area contributed by atoms with Gasteiger partial charge in [0.05, 0.1) is 23.7 Å². The zero-order valence-electron chi connectivity index (χ0n) is 15.1. The molecular formula is C20H18N2O5. The van der Waals surface area contributed by atoms with Crippen molar-refractivity contribution in [3.63, 3.8) is 0 Å². The van der Waals surface area contributed by atoms with E-state index in [9.17, 15) is 14.9 Å². The summed E-state index contributed by atoms with van der Waals surface area (Å²) in [6, 6.07) is 13.0. The number of nitrogens with one attached hydrogen (secondary N) is 1. The number of aryl methyl sites for hydroxylation is 2. The van der Waals surface area contributed by atoms with Crippen LogP contribution in [0.15, 0.2) is 52.9 Å². The van der Waals surface area contributed by atoms with Gasteiger partial charge in [0.2, 0.25) is 0 Å². The number of nitrogens with zero attached hydrogens (tertiary/aromatic N) is 1. The number of methoxy groups -OCH3 is 1. The number of hydrogen-bond donors (Lipinski definition) is 1. The summed E-state index contributed by atoms with van der Waals surface area (Å²) in [5, 5.41) is 14.1. The van der Waals surface area contributed by atoms with Gasteiger partial charge in [-0.15, -0.1) is 0 Å². The molecule has 0 saturated carbocycles. The van der Waals surface area contributed by atoms with Crippen molar-refractivity contribution in [1.82, 2.24) is 0 Å². The van der Waals surface area contributed by atoms with Gasteiger partial charge in [-0.1, -0.05) is 6.07 Å². The Morgan fingerprint density at radius 2 is 1.85 bits per heavy atom. The van der Waals surface area contributed by atoms with Gasteiger partial charge in [-0.3, -0.25) is 14.9 Å². The Morgan fingerprint density at radius 3 is 2.52 bits per heavy atom. The number of rotatable bonds is 5. The second-order valence-electron chi connectivity index (χ2n) is 6.06. The highest BCUT2D eigenvalue weighted by molar-refractivity contribution is 6.02. The molecule has 0 bridgehead atoms. The van der Waals surface area contributed by atoms with E-state index in [1.165, 1.54) is 31.4 Å². The number of anilines is 1. The number of benzene rings is 2. The van der Waals surface area contributed by atoms with Crippen LogP contribution in [-0.4, -0.2) is 17.9 Å². The summed E-state index contributed by atoms with van der Waals surface area (Å²) in [6.45, 7) is 3.94. The van der Waals surface area contributed by atoms with Crippen molar-refractivity contribution < 1.29 is 18.9 Å². The number of carbonyl (C=O) groups excluding carboxylic acids is 1. The molecule has 0 atom stereocenters. The minimum Gasteiger partial charge on any atom is -0.497 e. The molecule has 7 heteroatoms. The van der Waals surface area contributed by atoms with E-state index in [2.05, 4.69) is 5.32 Å². The molecule has 0 radical (unpaired) electrons. The number of hydrogen-bond acceptors (Lipinski definition) is 5. The fourth-order valence-corrected chi connectivity index (χ4v) is 2.61. The SMILES string of the molecule is COc1ccc(-c2ccc(C(=O)Nc3ccc(C)c(C)c3)o2)c([N+](=O)[O-])c1. The van der Waals surface area contributed by atoms with E-state index in [0.29, 0.717) is 11.4 Å². The van der Waals surface area contributed by atoms with Gasteiger partial charge in [0.25, 0.3) is 11.6 Å². The molecule has 0 spiro atoms. The fourth-order valence-electron chi connectivity index (χ4n) is 2.61. The second-order valence-corrected chi connectivity index (χ2v) is 6.06. The van der Waals surface area contributed by atoms with E-state index in [0.717, 1.165) is 11.1 Å². The zero-order chi connectivity index (χ0) is 19.6. The summed E-state index contributed by atoms with van der Waals surface area (Å²) in [5.41, 5.74) is 2.94. The summed E-state index contributed by atoms with van der Waals surface area (Å²) < 4.78 is 10.6. The minimum absolute atomic E-state index is 0.0633. The highest BCUT2D eigenvalue weighted by Gasteiger charge is 2.21. The van der Waals surface area contributed by atoms with E-state index in [-0.39, 0.29) is 22.8 Å². The van der Waals surface area contributed by atoms with Crippen molar-refractivity contribution in [2.75, 3.05) is 12.4 Å². The number of carbonyl (C=O) groups is 1. The van der Waals surface area contributed by atoms with E-state index in [1.807, 2.05) is 26.0 Å². The Morgan fingerprint density at radius 1 is 1.07 bits per heavy atom. The molecule has 2 aromatic carbocycles. The van der Waals surface area contributed by atoms with Crippen LogP contribution in [0.25, 0.3) is 11.3 Å². The lowest BCUT2D eigenvalue weighted by Gasteiger charge is -2.06. The first-order valence-electron chi connectivity index (χ1n) is 8.20. The molecule has 3 rings (SSSR count). The van der Waals surface area contributed by atoms with Gasteiger partial charge in [0.15, 0.2) is 5.76 Å². The average Bonchev–Trinajstić information content (AvgIpc) is 3.14. The third kappa shape index (κ3) is 3.82. The highest BCUT2D eigenvalue weighted by Crippen LogP contribution is 2.34. The number of ether oxygens (including phenoxy) is 1. The maximum atomic E-state index is 12.4. The Bertz CT molecular complexity index is 1020. The fraction of sp³-hybridized carbons (Fsp3) is 0.150. The molecule has 1 heterocycles. The van der Waals surface area contributed by atoms with Crippen LogP contribution in [-0.2, 0) is 0 Å². The lowest BCUT2D eigenvalue weighted by Crippen LogP contribution is -2.11. The molecular weight excluding hydrogens is 348 g/mol.